The zero-order chi connectivity index (χ0) is 26.6. The predicted octanol–water partition coefficient (Wildman–Crippen LogP) is 7.91. The molecule has 2 heterocycles. The fraction of sp³-hybridized carbons (Fsp3) is 0.312. The van der Waals surface area contributed by atoms with Crippen LogP contribution in [0.1, 0.15) is 36.8 Å². The van der Waals surface area contributed by atoms with Gasteiger partial charge in [-0.05, 0) is 54.8 Å². The Kier molecular flexibility index (Phi) is 6.81. The summed E-state index contributed by atoms with van der Waals surface area (Å²) in [5.74, 6) is 2.41. The fourth-order valence-electron chi connectivity index (χ4n) is 6.77. The minimum Gasteiger partial charge on any atom is -0.499 e. The van der Waals surface area contributed by atoms with Crippen molar-refractivity contribution < 1.29 is 9.47 Å². The number of hydrogen-bond donors (Lipinski definition) is 0. The quantitative estimate of drug-likeness (QED) is 0.322. The first-order chi connectivity index (χ1) is 18.5. The van der Waals surface area contributed by atoms with Gasteiger partial charge in [0.2, 0.25) is 0 Å². The smallest absolute Gasteiger partial charge is 0.126 e. The first-order valence-electron chi connectivity index (χ1n) is 13.2. The van der Waals surface area contributed by atoms with Gasteiger partial charge in [-0.2, -0.15) is 0 Å². The van der Waals surface area contributed by atoms with Crippen LogP contribution in [-0.2, 0) is 9.47 Å². The number of methoxy groups -OCH3 is 2. The van der Waals surface area contributed by atoms with Crippen molar-refractivity contribution in [1.29, 1.82) is 0 Å². The Labute approximate surface area is 242 Å². The van der Waals surface area contributed by atoms with Crippen LogP contribution in [0.5, 0.6) is 0 Å². The third-order valence-electron chi connectivity index (χ3n) is 8.33. The van der Waals surface area contributed by atoms with Crippen molar-refractivity contribution in [3.8, 4) is 0 Å². The average molecular weight is 636 g/mol. The largest absolute Gasteiger partial charge is 0.499 e. The lowest BCUT2D eigenvalue weighted by molar-refractivity contribution is 0.254. The summed E-state index contributed by atoms with van der Waals surface area (Å²) in [5, 5.41) is 0. The Hall–Kier alpha value is -2.70. The van der Waals surface area contributed by atoms with E-state index in [2.05, 4.69) is 128 Å². The molecule has 196 valence electrons. The van der Waals surface area contributed by atoms with Gasteiger partial charge >= 0.3 is 0 Å². The van der Waals surface area contributed by atoms with Gasteiger partial charge in [0, 0.05) is 50.8 Å². The summed E-state index contributed by atoms with van der Waals surface area (Å²) in [6, 6.07) is 17.7. The molecule has 0 aromatic heterocycles. The molecule has 0 fully saturated rings. The molecule has 4 nitrogen and oxygen atoms in total. The van der Waals surface area contributed by atoms with E-state index in [9.17, 15) is 0 Å². The van der Waals surface area contributed by atoms with Crippen molar-refractivity contribution in [3.05, 3.63) is 116 Å². The van der Waals surface area contributed by atoms with Crippen LogP contribution in [0.2, 0.25) is 0 Å². The lowest BCUT2D eigenvalue weighted by Gasteiger charge is -2.34. The number of allylic oxidation sites excluding steroid dienone is 6. The third-order valence-corrected chi connectivity index (χ3v) is 10.00. The Morgan fingerprint density at radius 3 is 1.92 bits per heavy atom. The number of rotatable bonds is 6. The highest BCUT2D eigenvalue weighted by atomic mass is 79.9. The van der Waals surface area contributed by atoms with Gasteiger partial charge < -0.3 is 19.3 Å². The van der Waals surface area contributed by atoms with Crippen molar-refractivity contribution >= 4 is 43.2 Å². The monoisotopic (exact) mass is 634 g/mol. The number of ether oxygens (including phenoxy) is 2. The summed E-state index contributed by atoms with van der Waals surface area (Å²) >= 11 is 7.96. The molecule has 2 aliphatic heterocycles. The van der Waals surface area contributed by atoms with E-state index in [1.807, 2.05) is 0 Å². The normalized spacial score (nSPS) is 25.7. The van der Waals surface area contributed by atoms with Crippen LogP contribution in [0.4, 0.5) is 11.4 Å². The maximum atomic E-state index is 6.13. The average Bonchev–Trinajstić information content (AvgIpc) is 3.46. The zero-order valence-corrected chi connectivity index (χ0v) is 25.3. The zero-order valence-electron chi connectivity index (χ0n) is 22.1. The number of hydrogen-bond acceptors (Lipinski definition) is 4. The fourth-order valence-corrected chi connectivity index (χ4v) is 8.25. The summed E-state index contributed by atoms with van der Waals surface area (Å²) in [5.41, 5.74) is 7.44. The van der Waals surface area contributed by atoms with Crippen LogP contribution in [0.15, 0.2) is 104 Å². The lowest BCUT2D eigenvalue weighted by Crippen LogP contribution is -2.38. The second-order valence-corrected chi connectivity index (χ2v) is 11.7. The highest BCUT2D eigenvalue weighted by Crippen LogP contribution is 2.53. The van der Waals surface area contributed by atoms with Gasteiger partial charge in [-0.3, -0.25) is 0 Å². The van der Waals surface area contributed by atoms with Crippen molar-refractivity contribution in [2.75, 3.05) is 37.1 Å². The number of benzene rings is 2. The van der Waals surface area contributed by atoms with Gasteiger partial charge in [-0.1, -0.05) is 80.4 Å². The molecule has 4 aliphatic rings. The minimum atomic E-state index is 0.125. The lowest BCUT2D eigenvalue weighted by atomic mass is 9.85. The van der Waals surface area contributed by atoms with Crippen molar-refractivity contribution in [1.82, 2.24) is 0 Å². The number of halogens is 2. The predicted molar refractivity (Wildman–Crippen MR) is 163 cm³/mol. The number of fused-ring (bicyclic) bond motifs is 6. The van der Waals surface area contributed by atoms with E-state index in [1.165, 1.54) is 31.5 Å². The number of nitrogens with zero attached hydrogens (tertiary/aromatic N) is 2. The molecule has 2 aliphatic carbocycles. The number of anilines is 2. The van der Waals surface area contributed by atoms with Crippen LogP contribution in [0.25, 0.3) is 0 Å². The van der Waals surface area contributed by atoms with E-state index in [4.69, 9.17) is 9.47 Å². The maximum Gasteiger partial charge on any atom is 0.126 e. The maximum absolute atomic E-state index is 6.13. The van der Waals surface area contributed by atoms with Crippen molar-refractivity contribution in [2.45, 2.75) is 37.8 Å². The molecular weight excluding hydrogens is 604 g/mol. The molecule has 2 aromatic carbocycles. The summed E-state index contributed by atoms with van der Waals surface area (Å²) < 4.78 is 14.5. The Bertz CT molecular complexity index is 1440. The molecule has 0 saturated heterocycles. The summed E-state index contributed by atoms with van der Waals surface area (Å²) in [6.45, 7) is 6.26. The van der Waals surface area contributed by atoms with Crippen molar-refractivity contribution in [3.63, 3.8) is 0 Å². The Balaban J connectivity index is 1.41. The molecule has 4 unspecified atom stereocenters. The van der Waals surface area contributed by atoms with E-state index in [1.54, 1.807) is 14.2 Å². The number of para-hydroxylation sites is 2. The SMILES string of the molecule is CCN1c2ccccc2C2C(Br)=C(/C=C/C3=C(OC)C4C(C(Br)=C3)c3ccccc3N4CC)C=C(OC)C21. The van der Waals surface area contributed by atoms with E-state index in [-0.39, 0.29) is 23.9 Å². The van der Waals surface area contributed by atoms with Crippen LogP contribution >= 0.6 is 31.9 Å². The molecule has 4 atom stereocenters. The van der Waals surface area contributed by atoms with Gasteiger partial charge in [0.1, 0.15) is 11.5 Å². The topological polar surface area (TPSA) is 24.9 Å². The first kappa shape index (κ1) is 25.6. The standard InChI is InChI=1S/C32H32Br2N2O2/c1-5-35-25-14-10-8-12-22(25)28-29(34)19(18-26(37-3)30(28)35)15-16-20-17-23(33)27-21-11-7-9-13-24(21)36(6-2)31(27)32(20)38-4/h7-18,27-28,30-31H,5-6H2,1-4H3/b16-15+. The van der Waals surface area contributed by atoms with Crippen LogP contribution in [0.3, 0.4) is 0 Å². The summed E-state index contributed by atoms with van der Waals surface area (Å²) in [7, 11) is 3.58. The summed E-state index contributed by atoms with van der Waals surface area (Å²) in [6.07, 6.45) is 8.78. The van der Waals surface area contributed by atoms with Crippen LogP contribution in [-0.4, -0.2) is 39.4 Å². The minimum absolute atomic E-state index is 0.125. The molecule has 0 radical (unpaired) electrons. The highest BCUT2D eigenvalue weighted by Gasteiger charge is 2.46. The molecule has 0 spiro atoms. The second-order valence-electron chi connectivity index (χ2n) is 9.98. The van der Waals surface area contributed by atoms with Gasteiger partial charge in [0.05, 0.1) is 26.3 Å². The van der Waals surface area contributed by atoms with Gasteiger partial charge in [-0.15, -0.1) is 0 Å². The molecule has 2 aromatic rings. The van der Waals surface area contributed by atoms with E-state index < -0.39 is 0 Å². The van der Waals surface area contributed by atoms with Gasteiger partial charge in [0.15, 0.2) is 0 Å². The highest BCUT2D eigenvalue weighted by molar-refractivity contribution is 9.12. The Morgan fingerprint density at radius 1 is 0.737 bits per heavy atom. The van der Waals surface area contributed by atoms with Crippen LogP contribution in [0, 0.1) is 0 Å². The molecule has 6 rings (SSSR count). The molecule has 38 heavy (non-hydrogen) atoms. The summed E-state index contributed by atoms with van der Waals surface area (Å²) in [4.78, 5) is 4.90. The Morgan fingerprint density at radius 2 is 1.32 bits per heavy atom. The number of likely N-dealkylation sites (N-methyl/N-ethyl adjacent to an activating group) is 2. The van der Waals surface area contributed by atoms with Crippen LogP contribution < -0.4 is 9.80 Å². The second kappa shape index (κ2) is 10.1. The third kappa shape index (κ3) is 3.75. The molecule has 0 saturated carbocycles. The molecule has 0 bridgehead atoms. The molecule has 0 amide bonds. The van der Waals surface area contributed by atoms with Gasteiger partial charge in [0.25, 0.3) is 0 Å². The van der Waals surface area contributed by atoms with E-state index in [0.717, 1.165) is 35.8 Å². The van der Waals surface area contributed by atoms with Gasteiger partial charge in [-0.25, -0.2) is 0 Å². The molecule has 6 heteroatoms. The van der Waals surface area contributed by atoms with E-state index >= 15 is 0 Å². The first-order valence-corrected chi connectivity index (χ1v) is 14.8. The van der Waals surface area contributed by atoms with E-state index in [0.29, 0.717) is 0 Å². The van der Waals surface area contributed by atoms with Crippen molar-refractivity contribution in [2.24, 2.45) is 0 Å². The molecule has 0 N–H and O–H groups in total. The molecular formula is C32H32Br2N2O2.